The second-order valence-corrected chi connectivity index (χ2v) is 8.39. The molecule has 8 nitrogen and oxygen atoms in total. The Hall–Kier alpha value is -3.46. The van der Waals surface area contributed by atoms with Gasteiger partial charge < -0.3 is 19.9 Å². The molecule has 0 unspecified atom stereocenters. The first-order valence-electron chi connectivity index (χ1n) is 9.17. The Morgan fingerprint density at radius 2 is 1.84 bits per heavy atom. The van der Waals surface area contributed by atoms with Crippen molar-refractivity contribution in [1.29, 1.82) is 0 Å². The van der Waals surface area contributed by atoms with Crippen molar-refractivity contribution in [3.8, 4) is 11.1 Å². The van der Waals surface area contributed by atoms with Gasteiger partial charge in [-0.25, -0.2) is 13.4 Å². The minimum Gasteiger partial charge on any atom is -0.497 e. The van der Waals surface area contributed by atoms with Crippen molar-refractivity contribution in [2.24, 2.45) is 0 Å². The van der Waals surface area contributed by atoms with Gasteiger partial charge >= 0.3 is 0 Å². The number of nitrogens with zero attached hydrogens (tertiary/aromatic N) is 1. The SMILES string of the molecule is C=C(/C=C(OC)\C(OC)=C(/C)OC)c1cc(-c2cccc(NS(C)(=O)=O)c2)cnc1N. The molecule has 1 aromatic carbocycles. The molecule has 166 valence electrons. The molecule has 1 heterocycles. The molecule has 0 amide bonds. The minimum absolute atomic E-state index is 0.289. The lowest BCUT2D eigenvalue weighted by Crippen LogP contribution is -2.09. The van der Waals surface area contributed by atoms with E-state index in [0.717, 1.165) is 17.4 Å². The second kappa shape index (κ2) is 10.0. The molecule has 3 N–H and O–H groups in total. The van der Waals surface area contributed by atoms with Gasteiger partial charge in [0.2, 0.25) is 10.0 Å². The third-order valence-electron chi connectivity index (χ3n) is 4.34. The average Bonchev–Trinajstić information content (AvgIpc) is 2.72. The van der Waals surface area contributed by atoms with E-state index in [4.69, 9.17) is 19.9 Å². The lowest BCUT2D eigenvalue weighted by atomic mass is 10.0. The molecule has 0 atom stereocenters. The summed E-state index contributed by atoms with van der Waals surface area (Å²) in [5.74, 6) is 1.67. The molecule has 2 aromatic rings. The molecule has 1 aromatic heterocycles. The van der Waals surface area contributed by atoms with Crippen molar-refractivity contribution >= 4 is 27.1 Å². The van der Waals surface area contributed by atoms with Crippen LogP contribution in [0.2, 0.25) is 0 Å². The molecule has 0 spiro atoms. The van der Waals surface area contributed by atoms with E-state index >= 15 is 0 Å². The minimum atomic E-state index is -3.39. The van der Waals surface area contributed by atoms with Crippen LogP contribution in [-0.4, -0.2) is 41.0 Å². The number of aromatic nitrogens is 1. The van der Waals surface area contributed by atoms with Gasteiger partial charge in [0.15, 0.2) is 11.5 Å². The van der Waals surface area contributed by atoms with E-state index < -0.39 is 10.0 Å². The summed E-state index contributed by atoms with van der Waals surface area (Å²) in [7, 11) is 1.18. The van der Waals surface area contributed by atoms with E-state index in [1.165, 1.54) is 21.3 Å². The van der Waals surface area contributed by atoms with Crippen LogP contribution < -0.4 is 10.5 Å². The van der Waals surface area contributed by atoms with Crippen molar-refractivity contribution in [1.82, 2.24) is 4.98 Å². The van der Waals surface area contributed by atoms with E-state index in [1.54, 1.807) is 37.4 Å². The Morgan fingerprint density at radius 1 is 1.13 bits per heavy atom. The number of nitrogen functional groups attached to an aromatic ring is 1. The molecule has 0 aliphatic rings. The number of nitrogens with two attached hydrogens (primary N) is 1. The molecule has 0 bridgehead atoms. The quantitative estimate of drug-likeness (QED) is 0.446. The summed E-state index contributed by atoms with van der Waals surface area (Å²) < 4.78 is 41.6. The van der Waals surface area contributed by atoms with Gasteiger partial charge in [-0.05, 0) is 42.3 Å². The lowest BCUT2D eigenvalue weighted by molar-refractivity contribution is 0.186. The van der Waals surface area contributed by atoms with Crippen LogP contribution in [-0.2, 0) is 24.2 Å². The molecule has 0 aliphatic heterocycles. The normalized spacial score (nSPS) is 12.6. The van der Waals surface area contributed by atoms with Crippen molar-refractivity contribution < 1.29 is 22.6 Å². The summed E-state index contributed by atoms with van der Waals surface area (Å²) >= 11 is 0. The Balaban J connectivity index is 2.48. The Labute approximate surface area is 183 Å². The number of ether oxygens (including phenoxy) is 3. The Morgan fingerprint density at radius 3 is 2.42 bits per heavy atom. The summed E-state index contributed by atoms with van der Waals surface area (Å²) in [6, 6.07) is 8.80. The highest BCUT2D eigenvalue weighted by Gasteiger charge is 2.14. The summed E-state index contributed by atoms with van der Waals surface area (Å²) in [6.07, 6.45) is 4.39. The Bertz CT molecular complexity index is 1140. The lowest BCUT2D eigenvalue weighted by Gasteiger charge is -2.14. The molecule has 9 heteroatoms. The van der Waals surface area contributed by atoms with Crippen LogP contribution >= 0.6 is 0 Å². The number of hydrogen-bond acceptors (Lipinski definition) is 7. The van der Waals surface area contributed by atoms with Gasteiger partial charge in [-0.2, -0.15) is 0 Å². The van der Waals surface area contributed by atoms with Crippen molar-refractivity contribution in [2.75, 3.05) is 38.0 Å². The molecular weight excluding hydrogens is 418 g/mol. The van der Waals surface area contributed by atoms with Gasteiger partial charge in [-0.15, -0.1) is 0 Å². The molecule has 0 radical (unpaired) electrons. The van der Waals surface area contributed by atoms with Gasteiger partial charge in [0, 0.05) is 23.0 Å². The molecule has 0 saturated carbocycles. The third kappa shape index (κ3) is 6.26. The fourth-order valence-corrected chi connectivity index (χ4v) is 3.39. The van der Waals surface area contributed by atoms with Crippen LogP contribution in [0.5, 0.6) is 0 Å². The summed E-state index contributed by atoms with van der Waals surface area (Å²) in [4.78, 5) is 4.27. The fourth-order valence-electron chi connectivity index (χ4n) is 2.83. The number of pyridine rings is 1. The van der Waals surface area contributed by atoms with Crippen LogP contribution in [0.25, 0.3) is 16.7 Å². The van der Waals surface area contributed by atoms with Gasteiger partial charge in [-0.3, -0.25) is 4.72 Å². The van der Waals surface area contributed by atoms with Gasteiger partial charge in [-0.1, -0.05) is 18.7 Å². The number of benzene rings is 1. The number of allylic oxidation sites excluding steroid dienone is 3. The van der Waals surface area contributed by atoms with Crippen molar-refractivity contribution in [3.63, 3.8) is 0 Å². The molecule has 0 fully saturated rings. The third-order valence-corrected chi connectivity index (χ3v) is 4.95. The zero-order chi connectivity index (χ0) is 23.2. The smallest absolute Gasteiger partial charge is 0.229 e. The van der Waals surface area contributed by atoms with E-state index in [9.17, 15) is 8.42 Å². The van der Waals surface area contributed by atoms with Crippen LogP contribution in [0, 0.1) is 0 Å². The maximum absolute atomic E-state index is 11.5. The van der Waals surface area contributed by atoms with Crippen LogP contribution in [0.4, 0.5) is 11.5 Å². The molecule has 0 saturated heterocycles. The maximum Gasteiger partial charge on any atom is 0.229 e. The predicted octanol–water partition coefficient (Wildman–Crippen LogP) is 3.77. The molecular formula is C22H27N3O5S. The van der Waals surface area contributed by atoms with Crippen molar-refractivity contribution in [3.05, 3.63) is 72.0 Å². The van der Waals surface area contributed by atoms with E-state index in [-0.39, 0.29) is 5.82 Å². The zero-order valence-electron chi connectivity index (χ0n) is 18.2. The number of anilines is 2. The van der Waals surface area contributed by atoms with Crippen LogP contribution in [0.15, 0.2) is 66.5 Å². The average molecular weight is 446 g/mol. The first-order chi connectivity index (χ1) is 14.6. The largest absolute Gasteiger partial charge is 0.497 e. The van der Waals surface area contributed by atoms with Gasteiger partial charge in [0.05, 0.1) is 27.6 Å². The highest BCUT2D eigenvalue weighted by molar-refractivity contribution is 7.92. The summed E-state index contributed by atoms with van der Waals surface area (Å²) in [5, 5.41) is 0. The topological polar surface area (TPSA) is 113 Å². The Kier molecular flexibility index (Phi) is 7.71. The van der Waals surface area contributed by atoms with Gasteiger partial charge in [0.1, 0.15) is 11.6 Å². The highest BCUT2D eigenvalue weighted by atomic mass is 32.2. The van der Waals surface area contributed by atoms with E-state index in [2.05, 4.69) is 16.3 Å². The van der Waals surface area contributed by atoms with E-state index in [1.807, 2.05) is 12.1 Å². The molecule has 2 rings (SSSR count). The maximum atomic E-state index is 11.5. The molecule has 0 aliphatic carbocycles. The first-order valence-corrected chi connectivity index (χ1v) is 11.1. The standard InChI is InChI=1S/C22H27N3O5S/c1-14(10-20(29-4)21(30-5)15(2)28-3)19-12-17(13-24-22(19)23)16-8-7-9-18(11-16)25-31(6,26)27/h7-13,25H,1H2,2-6H3,(H2,23,24)/b20-10+,21-15-. The van der Waals surface area contributed by atoms with Crippen molar-refractivity contribution in [2.45, 2.75) is 6.92 Å². The first kappa shape index (κ1) is 23.8. The van der Waals surface area contributed by atoms with Crippen LogP contribution in [0.3, 0.4) is 0 Å². The summed E-state index contributed by atoms with van der Waals surface area (Å²) in [5.41, 5.74) is 9.19. The number of sulfonamides is 1. The zero-order valence-corrected chi connectivity index (χ0v) is 19.0. The van der Waals surface area contributed by atoms with Crippen LogP contribution in [0.1, 0.15) is 12.5 Å². The fraction of sp³-hybridized carbons (Fsp3) is 0.227. The predicted molar refractivity (Wildman–Crippen MR) is 123 cm³/mol. The number of hydrogen-bond donors (Lipinski definition) is 2. The van der Waals surface area contributed by atoms with E-state index in [0.29, 0.717) is 34.1 Å². The summed E-state index contributed by atoms with van der Waals surface area (Å²) in [6.45, 7) is 5.84. The number of rotatable bonds is 9. The monoisotopic (exact) mass is 445 g/mol. The number of nitrogens with one attached hydrogen (secondary N) is 1. The second-order valence-electron chi connectivity index (χ2n) is 6.64. The number of methoxy groups -OCH3 is 3. The molecule has 31 heavy (non-hydrogen) atoms. The highest BCUT2D eigenvalue weighted by Crippen LogP contribution is 2.30. The van der Waals surface area contributed by atoms with Gasteiger partial charge in [0.25, 0.3) is 0 Å².